The van der Waals surface area contributed by atoms with E-state index in [2.05, 4.69) is 0 Å². The van der Waals surface area contributed by atoms with Crippen molar-refractivity contribution >= 4 is 17.6 Å². The van der Waals surface area contributed by atoms with Crippen LogP contribution in [0.25, 0.3) is 0 Å². The lowest BCUT2D eigenvalue weighted by Gasteiger charge is -2.18. The maximum Gasteiger partial charge on any atom is 0.351 e. The minimum atomic E-state index is -0.910. The van der Waals surface area contributed by atoms with Gasteiger partial charge in [0.1, 0.15) is 5.75 Å². The molecule has 4 nitrogen and oxygen atoms in total. The SMILES string of the molecule is COC(=O)C(Oc1ccc(CN)cc1)c1ccccc1Cl. The van der Waals surface area contributed by atoms with E-state index in [1.807, 2.05) is 12.1 Å². The Kier molecular flexibility index (Phi) is 5.20. The smallest absolute Gasteiger partial charge is 0.351 e. The third kappa shape index (κ3) is 3.74. The molecular weight excluding hydrogens is 290 g/mol. The first-order valence-corrected chi connectivity index (χ1v) is 6.81. The summed E-state index contributed by atoms with van der Waals surface area (Å²) in [6, 6.07) is 14.2. The summed E-state index contributed by atoms with van der Waals surface area (Å²) in [6.45, 7) is 0.450. The molecule has 0 saturated carbocycles. The second-order valence-corrected chi connectivity index (χ2v) is 4.80. The van der Waals surface area contributed by atoms with Crippen LogP contribution in [0.3, 0.4) is 0 Å². The van der Waals surface area contributed by atoms with E-state index in [9.17, 15) is 4.79 Å². The van der Waals surface area contributed by atoms with Crippen LogP contribution < -0.4 is 10.5 Å². The minimum absolute atomic E-state index is 0.450. The highest BCUT2D eigenvalue weighted by Gasteiger charge is 2.25. The summed E-state index contributed by atoms with van der Waals surface area (Å²) in [6.07, 6.45) is -0.910. The summed E-state index contributed by atoms with van der Waals surface area (Å²) in [5.74, 6) is 0.0357. The molecule has 1 unspecified atom stereocenters. The van der Waals surface area contributed by atoms with Crippen molar-refractivity contribution in [1.29, 1.82) is 0 Å². The molecule has 21 heavy (non-hydrogen) atoms. The Labute approximate surface area is 128 Å². The Morgan fingerprint density at radius 2 is 1.86 bits per heavy atom. The van der Waals surface area contributed by atoms with Gasteiger partial charge in [-0.1, -0.05) is 41.9 Å². The zero-order valence-corrected chi connectivity index (χ0v) is 12.3. The summed E-state index contributed by atoms with van der Waals surface area (Å²) < 4.78 is 10.5. The third-order valence-electron chi connectivity index (χ3n) is 3.02. The average molecular weight is 306 g/mol. The van der Waals surface area contributed by atoms with Gasteiger partial charge in [0.05, 0.1) is 7.11 Å². The third-order valence-corrected chi connectivity index (χ3v) is 3.36. The fraction of sp³-hybridized carbons (Fsp3) is 0.188. The van der Waals surface area contributed by atoms with Crippen molar-refractivity contribution in [3.05, 3.63) is 64.7 Å². The molecule has 5 heteroatoms. The van der Waals surface area contributed by atoms with Gasteiger partial charge in [-0.05, 0) is 23.8 Å². The molecule has 0 aliphatic rings. The lowest BCUT2D eigenvalue weighted by atomic mass is 10.1. The molecule has 2 aromatic rings. The number of rotatable bonds is 5. The Morgan fingerprint density at radius 3 is 2.43 bits per heavy atom. The minimum Gasteiger partial charge on any atom is -0.474 e. The van der Waals surface area contributed by atoms with E-state index in [4.69, 9.17) is 26.8 Å². The molecule has 0 aliphatic heterocycles. The van der Waals surface area contributed by atoms with Crippen LogP contribution in [0.2, 0.25) is 5.02 Å². The molecule has 0 radical (unpaired) electrons. The first-order chi connectivity index (χ1) is 10.2. The highest BCUT2D eigenvalue weighted by molar-refractivity contribution is 6.31. The van der Waals surface area contributed by atoms with Gasteiger partial charge in [0.15, 0.2) is 0 Å². The molecule has 0 aromatic heterocycles. The van der Waals surface area contributed by atoms with Gasteiger partial charge >= 0.3 is 5.97 Å². The molecule has 2 rings (SSSR count). The van der Waals surface area contributed by atoms with Crippen molar-refractivity contribution in [2.75, 3.05) is 7.11 Å². The fourth-order valence-electron chi connectivity index (χ4n) is 1.87. The lowest BCUT2D eigenvalue weighted by molar-refractivity contribution is -0.149. The number of esters is 1. The second-order valence-electron chi connectivity index (χ2n) is 4.39. The lowest BCUT2D eigenvalue weighted by Crippen LogP contribution is -2.20. The van der Waals surface area contributed by atoms with Crippen LogP contribution in [-0.4, -0.2) is 13.1 Å². The normalized spacial score (nSPS) is 11.8. The fourth-order valence-corrected chi connectivity index (χ4v) is 2.11. The number of carbonyl (C=O) groups is 1. The number of halogens is 1. The number of ether oxygens (including phenoxy) is 2. The van der Waals surface area contributed by atoms with E-state index in [0.29, 0.717) is 22.9 Å². The van der Waals surface area contributed by atoms with Crippen molar-refractivity contribution in [2.24, 2.45) is 5.73 Å². The first kappa shape index (κ1) is 15.4. The van der Waals surface area contributed by atoms with Gasteiger partial charge in [-0.3, -0.25) is 0 Å². The molecule has 0 bridgehead atoms. The standard InChI is InChI=1S/C16H16ClNO3/c1-20-16(19)15(13-4-2-3-5-14(13)17)21-12-8-6-11(10-18)7-9-12/h2-9,15H,10,18H2,1H3. The predicted molar refractivity (Wildman–Crippen MR) is 81.2 cm³/mol. The van der Waals surface area contributed by atoms with Crippen LogP contribution in [0.15, 0.2) is 48.5 Å². The van der Waals surface area contributed by atoms with Crippen LogP contribution >= 0.6 is 11.6 Å². The Morgan fingerprint density at radius 1 is 1.19 bits per heavy atom. The highest BCUT2D eigenvalue weighted by Crippen LogP contribution is 2.28. The molecule has 2 N–H and O–H groups in total. The van der Waals surface area contributed by atoms with Crippen molar-refractivity contribution in [3.8, 4) is 5.75 Å². The maximum absolute atomic E-state index is 12.0. The quantitative estimate of drug-likeness (QED) is 0.862. The van der Waals surface area contributed by atoms with Crippen LogP contribution in [0.4, 0.5) is 0 Å². The molecule has 110 valence electrons. The van der Waals surface area contributed by atoms with E-state index in [0.717, 1.165) is 5.56 Å². The van der Waals surface area contributed by atoms with Gasteiger partial charge in [-0.25, -0.2) is 4.79 Å². The van der Waals surface area contributed by atoms with Crippen LogP contribution in [-0.2, 0) is 16.1 Å². The number of hydrogen-bond acceptors (Lipinski definition) is 4. The zero-order valence-electron chi connectivity index (χ0n) is 11.6. The molecule has 0 aliphatic carbocycles. The average Bonchev–Trinajstić information content (AvgIpc) is 2.53. The van der Waals surface area contributed by atoms with Crippen LogP contribution in [0.1, 0.15) is 17.2 Å². The van der Waals surface area contributed by atoms with E-state index in [1.54, 1.807) is 36.4 Å². The summed E-state index contributed by atoms with van der Waals surface area (Å²) in [4.78, 5) is 12.0. The Balaban J connectivity index is 2.28. The Bertz CT molecular complexity index is 613. The summed E-state index contributed by atoms with van der Waals surface area (Å²) in [5.41, 5.74) is 7.09. The summed E-state index contributed by atoms with van der Waals surface area (Å²) in [5, 5.41) is 0.450. The van der Waals surface area contributed by atoms with E-state index in [1.165, 1.54) is 7.11 Å². The van der Waals surface area contributed by atoms with Gasteiger partial charge in [-0.15, -0.1) is 0 Å². The molecule has 1 atom stereocenters. The van der Waals surface area contributed by atoms with Gasteiger partial charge in [0, 0.05) is 17.1 Å². The zero-order chi connectivity index (χ0) is 15.2. The number of nitrogens with two attached hydrogens (primary N) is 1. The van der Waals surface area contributed by atoms with Gasteiger partial charge in [-0.2, -0.15) is 0 Å². The molecule has 0 heterocycles. The molecule has 0 saturated heterocycles. The summed E-state index contributed by atoms with van der Waals surface area (Å²) in [7, 11) is 1.31. The molecular formula is C16H16ClNO3. The second kappa shape index (κ2) is 7.11. The van der Waals surface area contributed by atoms with Crippen molar-refractivity contribution in [3.63, 3.8) is 0 Å². The van der Waals surface area contributed by atoms with Crippen molar-refractivity contribution in [2.45, 2.75) is 12.6 Å². The van der Waals surface area contributed by atoms with Crippen LogP contribution in [0, 0.1) is 0 Å². The number of carbonyl (C=O) groups excluding carboxylic acids is 1. The molecule has 0 fully saturated rings. The van der Waals surface area contributed by atoms with E-state index in [-0.39, 0.29) is 0 Å². The molecule has 0 amide bonds. The number of hydrogen-bond donors (Lipinski definition) is 1. The van der Waals surface area contributed by atoms with Gasteiger partial charge < -0.3 is 15.2 Å². The van der Waals surface area contributed by atoms with E-state index < -0.39 is 12.1 Å². The van der Waals surface area contributed by atoms with Gasteiger partial charge in [0.25, 0.3) is 0 Å². The molecule has 2 aromatic carbocycles. The number of benzene rings is 2. The number of methoxy groups -OCH3 is 1. The first-order valence-electron chi connectivity index (χ1n) is 6.43. The monoisotopic (exact) mass is 305 g/mol. The maximum atomic E-state index is 12.0. The van der Waals surface area contributed by atoms with Crippen LogP contribution in [0.5, 0.6) is 5.75 Å². The molecule has 0 spiro atoms. The van der Waals surface area contributed by atoms with Crippen molar-refractivity contribution in [1.82, 2.24) is 0 Å². The predicted octanol–water partition coefficient (Wildman–Crippen LogP) is 3.09. The van der Waals surface area contributed by atoms with Crippen molar-refractivity contribution < 1.29 is 14.3 Å². The largest absolute Gasteiger partial charge is 0.474 e. The van der Waals surface area contributed by atoms with E-state index >= 15 is 0 Å². The Hall–Kier alpha value is -2.04. The van der Waals surface area contributed by atoms with Gasteiger partial charge in [0.2, 0.25) is 6.10 Å². The highest BCUT2D eigenvalue weighted by atomic mass is 35.5. The summed E-state index contributed by atoms with van der Waals surface area (Å²) >= 11 is 6.13. The topological polar surface area (TPSA) is 61.5 Å².